The molecule has 2 rings (SSSR count). The number of nitrogens with two attached hydrogens (primary N) is 1. The van der Waals surface area contributed by atoms with E-state index in [1.807, 2.05) is 12.1 Å². The summed E-state index contributed by atoms with van der Waals surface area (Å²) in [5.74, 6) is 0. The van der Waals surface area contributed by atoms with Crippen LogP contribution in [0.3, 0.4) is 0 Å². The molecule has 0 saturated carbocycles. The maximum absolute atomic E-state index is 10.5. The molecule has 0 saturated heterocycles. The van der Waals surface area contributed by atoms with E-state index in [0.29, 0.717) is 17.9 Å². The molecule has 19 heavy (non-hydrogen) atoms. The number of amides is 1. The van der Waals surface area contributed by atoms with E-state index < -0.39 is 6.09 Å². The summed E-state index contributed by atoms with van der Waals surface area (Å²) in [6.45, 7) is 0.641. The highest BCUT2D eigenvalue weighted by Gasteiger charge is 2.04. The van der Waals surface area contributed by atoms with E-state index in [0.717, 1.165) is 14.9 Å². The highest BCUT2D eigenvalue weighted by molar-refractivity contribution is 7.16. The van der Waals surface area contributed by atoms with Gasteiger partial charge in [-0.3, -0.25) is 5.32 Å². The number of anilines is 3. The van der Waals surface area contributed by atoms with Gasteiger partial charge in [0, 0.05) is 17.1 Å². The summed E-state index contributed by atoms with van der Waals surface area (Å²) >= 11 is 7.35. The molecular formula is C12H12ClN3O2S. The van der Waals surface area contributed by atoms with Crippen molar-refractivity contribution in [3.63, 3.8) is 0 Å². The molecule has 0 spiro atoms. The van der Waals surface area contributed by atoms with Crippen LogP contribution < -0.4 is 16.4 Å². The van der Waals surface area contributed by atoms with Crippen molar-refractivity contribution in [2.45, 2.75) is 6.54 Å². The molecule has 1 heterocycles. The number of nitrogens with one attached hydrogen (secondary N) is 2. The molecule has 0 atom stereocenters. The lowest BCUT2D eigenvalue weighted by Gasteiger charge is -2.09. The molecule has 5 N–H and O–H groups in total. The number of hydrogen-bond donors (Lipinski definition) is 4. The molecule has 0 radical (unpaired) electrons. The van der Waals surface area contributed by atoms with Crippen LogP contribution >= 0.6 is 22.9 Å². The number of thiophene rings is 1. The third kappa shape index (κ3) is 3.77. The van der Waals surface area contributed by atoms with Gasteiger partial charge in [0.15, 0.2) is 0 Å². The zero-order chi connectivity index (χ0) is 13.8. The number of halogens is 1. The fourth-order valence-corrected chi connectivity index (χ4v) is 2.56. The summed E-state index contributed by atoms with van der Waals surface area (Å²) in [5.41, 5.74) is 7.32. The number of benzene rings is 1. The second-order valence-electron chi connectivity index (χ2n) is 3.79. The molecule has 0 aliphatic heterocycles. The van der Waals surface area contributed by atoms with Gasteiger partial charge in [-0.05, 0) is 30.3 Å². The number of rotatable bonds is 4. The summed E-state index contributed by atoms with van der Waals surface area (Å²) < 4.78 is 0.748. The van der Waals surface area contributed by atoms with Crippen molar-refractivity contribution in [2.75, 3.05) is 16.4 Å². The van der Waals surface area contributed by atoms with E-state index in [2.05, 4.69) is 10.6 Å². The highest BCUT2D eigenvalue weighted by atomic mass is 35.5. The molecule has 100 valence electrons. The molecule has 5 nitrogen and oxygen atoms in total. The van der Waals surface area contributed by atoms with Crippen molar-refractivity contribution in [1.29, 1.82) is 0 Å². The predicted molar refractivity (Wildman–Crippen MR) is 79.2 cm³/mol. The van der Waals surface area contributed by atoms with Crippen LogP contribution in [-0.2, 0) is 6.54 Å². The van der Waals surface area contributed by atoms with Gasteiger partial charge in [-0.2, -0.15) is 0 Å². The first-order chi connectivity index (χ1) is 9.04. The lowest BCUT2D eigenvalue weighted by atomic mass is 10.2. The largest absolute Gasteiger partial charge is 0.465 e. The van der Waals surface area contributed by atoms with Gasteiger partial charge in [-0.25, -0.2) is 4.79 Å². The standard InChI is InChI=1S/C12H12ClN3O2S/c13-11-4-2-8(19-11)6-15-7-1-3-10(9(14)5-7)16-12(17)18/h1-5,15-16H,6,14H2,(H,17,18). The van der Waals surface area contributed by atoms with Crippen LogP contribution in [0, 0.1) is 0 Å². The van der Waals surface area contributed by atoms with E-state index in [1.54, 1.807) is 18.2 Å². The molecule has 0 unspecified atom stereocenters. The van der Waals surface area contributed by atoms with Crippen LogP contribution in [0.15, 0.2) is 30.3 Å². The average molecular weight is 298 g/mol. The van der Waals surface area contributed by atoms with E-state index in [4.69, 9.17) is 22.4 Å². The van der Waals surface area contributed by atoms with Crippen molar-refractivity contribution in [2.24, 2.45) is 0 Å². The highest BCUT2D eigenvalue weighted by Crippen LogP contribution is 2.25. The third-order valence-electron chi connectivity index (χ3n) is 2.39. The molecule has 1 aromatic heterocycles. The molecule has 0 fully saturated rings. The minimum absolute atomic E-state index is 0.372. The van der Waals surface area contributed by atoms with Gasteiger partial charge in [0.05, 0.1) is 15.7 Å². The van der Waals surface area contributed by atoms with Crippen molar-refractivity contribution in [3.8, 4) is 0 Å². The molecule has 0 aliphatic carbocycles. The number of nitrogen functional groups attached to an aromatic ring is 1. The first-order valence-electron chi connectivity index (χ1n) is 5.42. The SMILES string of the molecule is Nc1cc(NCc2ccc(Cl)s2)ccc1NC(=O)O. The lowest BCUT2D eigenvalue weighted by Crippen LogP contribution is -2.09. The Morgan fingerprint density at radius 3 is 2.74 bits per heavy atom. The van der Waals surface area contributed by atoms with Gasteiger partial charge in [0.25, 0.3) is 0 Å². The van der Waals surface area contributed by atoms with Gasteiger partial charge >= 0.3 is 6.09 Å². The smallest absolute Gasteiger partial charge is 0.409 e. The Kier molecular flexibility index (Phi) is 4.13. The van der Waals surface area contributed by atoms with Crippen molar-refractivity contribution in [3.05, 3.63) is 39.5 Å². The Bertz CT molecular complexity index is 600. The maximum Gasteiger partial charge on any atom is 0.409 e. The number of carbonyl (C=O) groups is 1. The molecular weight excluding hydrogens is 286 g/mol. The van der Waals surface area contributed by atoms with Gasteiger partial charge in [-0.1, -0.05) is 11.6 Å². The Hall–Kier alpha value is -1.92. The van der Waals surface area contributed by atoms with E-state index >= 15 is 0 Å². The summed E-state index contributed by atoms with van der Waals surface area (Å²) in [5, 5.41) is 14.0. The van der Waals surface area contributed by atoms with E-state index in [9.17, 15) is 4.79 Å². The third-order valence-corrected chi connectivity index (χ3v) is 3.62. The summed E-state index contributed by atoms with van der Waals surface area (Å²) in [7, 11) is 0. The minimum Gasteiger partial charge on any atom is -0.465 e. The van der Waals surface area contributed by atoms with Gasteiger partial charge in [0.1, 0.15) is 0 Å². The first-order valence-corrected chi connectivity index (χ1v) is 6.61. The summed E-state index contributed by atoms with van der Waals surface area (Å²) in [6.07, 6.45) is -1.14. The zero-order valence-corrected chi connectivity index (χ0v) is 11.4. The number of carboxylic acid groups (broad SMARTS) is 1. The summed E-state index contributed by atoms with van der Waals surface area (Å²) in [6, 6.07) is 8.85. The van der Waals surface area contributed by atoms with E-state index in [1.165, 1.54) is 11.3 Å². The second-order valence-corrected chi connectivity index (χ2v) is 5.59. The number of hydrogen-bond acceptors (Lipinski definition) is 4. The van der Waals surface area contributed by atoms with Crippen LogP contribution in [0.25, 0.3) is 0 Å². The monoisotopic (exact) mass is 297 g/mol. The second kappa shape index (κ2) is 5.81. The van der Waals surface area contributed by atoms with Crippen molar-refractivity contribution >= 4 is 46.1 Å². The molecule has 0 bridgehead atoms. The van der Waals surface area contributed by atoms with Crippen molar-refractivity contribution in [1.82, 2.24) is 0 Å². The Labute approximate surface area is 119 Å². The fourth-order valence-electron chi connectivity index (χ4n) is 1.54. The predicted octanol–water partition coefficient (Wildman–Crippen LogP) is 3.69. The Balaban J connectivity index is 2.01. The molecule has 1 aromatic carbocycles. The molecule has 7 heteroatoms. The topological polar surface area (TPSA) is 87.4 Å². The lowest BCUT2D eigenvalue weighted by molar-refractivity contribution is 0.210. The fraction of sp³-hybridized carbons (Fsp3) is 0.0833. The Morgan fingerprint density at radius 1 is 1.37 bits per heavy atom. The van der Waals surface area contributed by atoms with Crippen LogP contribution in [0.5, 0.6) is 0 Å². The normalized spacial score (nSPS) is 10.2. The van der Waals surface area contributed by atoms with Crippen molar-refractivity contribution < 1.29 is 9.90 Å². The molecule has 2 aromatic rings. The van der Waals surface area contributed by atoms with Gasteiger partial charge in [-0.15, -0.1) is 11.3 Å². The molecule has 1 amide bonds. The Morgan fingerprint density at radius 2 is 2.16 bits per heavy atom. The molecule has 0 aliphatic rings. The zero-order valence-electron chi connectivity index (χ0n) is 9.81. The van der Waals surface area contributed by atoms with Crippen LogP contribution in [0.4, 0.5) is 21.9 Å². The summed E-state index contributed by atoms with van der Waals surface area (Å²) in [4.78, 5) is 11.6. The maximum atomic E-state index is 10.5. The van der Waals surface area contributed by atoms with Crippen LogP contribution in [0.1, 0.15) is 4.88 Å². The quantitative estimate of drug-likeness (QED) is 0.648. The van der Waals surface area contributed by atoms with Crippen LogP contribution in [0.2, 0.25) is 4.34 Å². The van der Waals surface area contributed by atoms with E-state index in [-0.39, 0.29) is 0 Å². The van der Waals surface area contributed by atoms with Crippen LogP contribution in [-0.4, -0.2) is 11.2 Å². The van der Waals surface area contributed by atoms with Gasteiger partial charge in [0.2, 0.25) is 0 Å². The minimum atomic E-state index is -1.14. The average Bonchev–Trinajstić information content (AvgIpc) is 2.75. The van der Waals surface area contributed by atoms with Gasteiger partial charge < -0.3 is 16.2 Å². The first kappa shape index (κ1) is 13.5.